The molecule has 2 heterocycles. The van der Waals surface area contributed by atoms with Crippen LogP contribution in [0, 0.1) is 0 Å². The second-order valence-corrected chi connectivity index (χ2v) is 3.91. The molecule has 0 aromatic carbocycles. The van der Waals surface area contributed by atoms with Crippen molar-refractivity contribution in [1.82, 2.24) is 4.98 Å². The Hall–Kier alpha value is -1.29. The highest BCUT2D eigenvalue weighted by Gasteiger charge is 2.14. The predicted molar refractivity (Wildman–Crippen MR) is 60.9 cm³/mol. The Kier molecular flexibility index (Phi) is 3.06. The third kappa shape index (κ3) is 2.59. The van der Waals surface area contributed by atoms with Crippen molar-refractivity contribution >= 4 is 11.5 Å². The van der Waals surface area contributed by atoms with Crippen LogP contribution in [0.2, 0.25) is 0 Å². The van der Waals surface area contributed by atoms with Crippen molar-refractivity contribution in [2.24, 2.45) is 0 Å². The Bertz CT molecular complexity index is 312. The summed E-state index contributed by atoms with van der Waals surface area (Å²) in [5.74, 6) is 0.988. The van der Waals surface area contributed by atoms with Gasteiger partial charge >= 0.3 is 0 Å². The normalized spacial score (nSPS) is 22.5. The first-order valence-corrected chi connectivity index (χ1v) is 5.34. The van der Waals surface area contributed by atoms with Crippen molar-refractivity contribution in [2.75, 3.05) is 30.3 Å². The maximum Gasteiger partial charge on any atom is 0.128 e. The van der Waals surface area contributed by atoms with E-state index in [0.717, 1.165) is 31.9 Å². The van der Waals surface area contributed by atoms with E-state index in [-0.39, 0.29) is 0 Å². The van der Waals surface area contributed by atoms with Gasteiger partial charge in [-0.05, 0) is 25.5 Å². The molecule has 1 aliphatic rings. The molecule has 0 amide bonds. The monoisotopic (exact) mass is 207 g/mol. The Morgan fingerprint density at radius 3 is 3.07 bits per heavy atom. The van der Waals surface area contributed by atoms with Crippen LogP contribution in [0.1, 0.15) is 13.3 Å². The fraction of sp³-hybridized carbons (Fsp3) is 0.545. The highest BCUT2D eigenvalue weighted by Crippen LogP contribution is 2.15. The quantitative estimate of drug-likeness (QED) is 0.753. The number of hydrogen-bond donors (Lipinski definition) is 1. The molecule has 4 heteroatoms. The van der Waals surface area contributed by atoms with Gasteiger partial charge in [0.1, 0.15) is 5.82 Å². The van der Waals surface area contributed by atoms with E-state index < -0.39 is 0 Å². The van der Waals surface area contributed by atoms with E-state index in [4.69, 9.17) is 10.5 Å². The summed E-state index contributed by atoms with van der Waals surface area (Å²) < 4.78 is 5.58. The van der Waals surface area contributed by atoms with E-state index in [1.54, 1.807) is 6.20 Å². The number of ether oxygens (including phenoxy) is 1. The fourth-order valence-electron chi connectivity index (χ4n) is 1.71. The van der Waals surface area contributed by atoms with Gasteiger partial charge < -0.3 is 15.4 Å². The number of hydrogen-bond acceptors (Lipinski definition) is 4. The smallest absolute Gasteiger partial charge is 0.128 e. The fourth-order valence-corrected chi connectivity index (χ4v) is 1.71. The van der Waals surface area contributed by atoms with Crippen LogP contribution in [0.3, 0.4) is 0 Å². The third-order valence-electron chi connectivity index (χ3n) is 2.66. The lowest BCUT2D eigenvalue weighted by molar-refractivity contribution is 0.0787. The van der Waals surface area contributed by atoms with Crippen LogP contribution in [0.5, 0.6) is 0 Å². The van der Waals surface area contributed by atoms with Gasteiger partial charge in [0.2, 0.25) is 0 Å². The molecule has 4 nitrogen and oxygen atoms in total. The van der Waals surface area contributed by atoms with Crippen molar-refractivity contribution in [1.29, 1.82) is 0 Å². The maximum absolute atomic E-state index is 5.60. The summed E-state index contributed by atoms with van der Waals surface area (Å²) in [6, 6.07) is 3.85. The molecular weight excluding hydrogens is 190 g/mol. The molecule has 1 fully saturated rings. The molecule has 15 heavy (non-hydrogen) atoms. The van der Waals surface area contributed by atoms with E-state index >= 15 is 0 Å². The zero-order chi connectivity index (χ0) is 10.7. The molecule has 2 N–H and O–H groups in total. The summed E-state index contributed by atoms with van der Waals surface area (Å²) in [4.78, 5) is 6.55. The van der Waals surface area contributed by atoms with Gasteiger partial charge in [0, 0.05) is 13.1 Å². The summed E-state index contributed by atoms with van der Waals surface area (Å²) in [6.07, 6.45) is 3.10. The van der Waals surface area contributed by atoms with Crippen LogP contribution in [0.15, 0.2) is 18.3 Å². The van der Waals surface area contributed by atoms with Crippen LogP contribution < -0.4 is 10.6 Å². The van der Waals surface area contributed by atoms with Gasteiger partial charge in [-0.25, -0.2) is 4.98 Å². The SMILES string of the molecule is C[C@@H]1CCN(c2ccc(N)cn2)CCO1. The van der Waals surface area contributed by atoms with Crippen molar-refractivity contribution < 1.29 is 4.74 Å². The molecule has 0 radical (unpaired) electrons. The Morgan fingerprint density at radius 2 is 2.33 bits per heavy atom. The zero-order valence-electron chi connectivity index (χ0n) is 9.02. The minimum Gasteiger partial charge on any atom is -0.397 e. The number of pyridine rings is 1. The largest absolute Gasteiger partial charge is 0.397 e. The molecule has 1 aromatic heterocycles. The lowest BCUT2D eigenvalue weighted by Crippen LogP contribution is -2.26. The Labute approximate surface area is 90.0 Å². The lowest BCUT2D eigenvalue weighted by Gasteiger charge is -2.20. The molecule has 1 saturated heterocycles. The van der Waals surface area contributed by atoms with Gasteiger partial charge in [0.25, 0.3) is 0 Å². The number of nitrogens with two attached hydrogens (primary N) is 1. The van der Waals surface area contributed by atoms with E-state index in [1.807, 2.05) is 12.1 Å². The van der Waals surface area contributed by atoms with Crippen LogP contribution in [-0.2, 0) is 4.74 Å². The van der Waals surface area contributed by atoms with Gasteiger partial charge in [-0.1, -0.05) is 0 Å². The molecule has 82 valence electrons. The zero-order valence-corrected chi connectivity index (χ0v) is 9.02. The molecule has 1 aliphatic heterocycles. The molecular formula is C11H17N3O. The molecule has 0 aliphatic carbocycles. The van der Waals surface area contributed by atoms with Crippen LogP contribution in [0.25, 0.3) is 0 Å². The van der Waals surface area contributed by atoms with Gasteiger partial charge in [0.05, 0.1) is 24.6 Å². The van der Waals surface area contributed by atoms with Crippen LogP contribution in [-0.4, -0.2) is 30.8 Å². The summed E-state index contributed by atoms with van der Waals surface area (Å²) >= 11 is 0. The molecule has 0 saturated carbocycles. The van der Waals surface area contributed by atoms with Crippen molar-refractivity contribution in [3.05, 3.63) is 18.3 Å². The first-order chi connectivity index (χ1) is 7.25. The molecule has 1 atom stereocenters. The lowest BCUT2D eigenvalue weighted by atomic mass is 10.3. The average Bonchev–Trinajstić information content (AvgIpc) is 2.44. The molecule has 1 aromatic rings. The van der Waals surface area contributed by atoms with Crippen molar-refractivity contribution in [3.8, 4) is 0 Å². The van der Waals surface area contributed by atoms with Crippen molar-refractivity contribution in [2.45, 2.75) is 19.4 Å². The highest BCUT2D eigenvalue weighted by atomic mass is 16.5. The minimum absolute atomic E-state index is 0.351. The summed E-state index contributed by atoms with van der Waals surface area (Å²) in [5, 5.41) is 0. The number of anilines is 2. The highest BCUT2D eigenvalue weighted by molar-refractivity contribution is 5.45. The van der Waals surface area contributed by atoms with E-state index in [1.165, 1.54) is 0 Å². The standard InChI is InChI=1S/C11H17N3O/c1-9-4-5-14(6-7-15-9)11-3-2-10(12)8-13-11/h2-3,8-9H,4-7,12H2,1H3/t9-/m1/s1. The first-order valence-electron chi connectivity index (χ1n) is 5.34. The van der Waals surface area contributed by atoms with Crippen LogP contribution in [0.4, 0.5) is 11.5 Å². The Balaban J connectivity index is 2.06. The maximum atomic E-state index is 5.60. The topological polar surface area (TPSA) is 51.4 Å². The molecule has 2 rings (SSSR count). The number of rotatable bonds is 1. The summed E-state index contributed by atoms with van der Waals surface area (Å²) in [6.45, 7) is 4.78. The first kappa shape index (κ1) is 10.2. The second-order valence-electron chi connectivity index (χ2n) is 3.91. The van der Waals surface area contributed by atoms with Gasteiger partial charge in [-0.3, -0.25) is 0 Å². The van der Waals surface area contributed by atoms with E-state index in [0.29, 0.717) is 11.8 Å². The second kappa shape index (κ2) is 4.49. The average molecular weight is 207 g/mol. The Morgan fingerprint density at radius 1 is 1.47 bits per heavy atom. The third-order valence-corrected chi connectivity index (χ3v) is 2.66. The van der Waals surface area contributed by atoms with Gasteiger partial charge in [-0.15, -0.1) is 0 Å². The molecule has 0 spiro atoms. The predicted octanol–water partition coefficient (Wildman–Crippen LogP) is 1.28. The molecule has 0 bridgehead atoms. The summed E-state index contributed by atoms with van der Waals surface area (Å²) in [7, 11) is 0. The number of nitrogens with zero attached hydrogens (tertiary/aromatic N) is 2. The van der Waals surface area contributed by atoms with E-state index in [9.17, 15) is 0 Å². The van der Waals surface area contributed by atoms with Gasteiger partial charge in [0.15, 0.2) is 0 Å². The van der Waals surface area contributed by atoms with Gasteiger partial charge in [-0.2, -0.15) is 0 Å². The minimum atomic E-state index is 0.351. The number of nitrogen functional groups attached to an aromatic ring is 1. The molecule has 0 unspecified atom stereocenters. The van der Waals surface area contributed by atoms with Crippen molar-refractivity contribution in [3.63, 3.8) is 0 Å². The number of aromatic nitrogens is 1. The van der Waals surface area contributed by atoms with Crippen LogP contribution >= 0.6 is 0 Å². The van der Waals surface area contributed by atoms with E-state index in [2.05, 4.69) is 16.8 Å². The summed E-state index contributed by atoms with van der Waals surface area (Å²) in [5.41, 5.74) is 6.31.